The van der Waals surface area contributed by atoms with E-state index in [1.807, 2.05) is 46.4 Å². The fourth-order valence-electron chi connectivity index (χ4n) is 2.64. The number of rotatable bonds is 4. The Labute approximate surface area is 119 Å². The number of benzene rings is 1. The number of aromatic nitrogens is 2. The Bertz CT molecular complexity index is 570. The molecule has 0 saturated carbocycles. The van der Waals surface area contributed by atoms with Crippen LogP contribution < -0.4 is 4.57 Å². The number of likely N-dealkylation sites (tertiary alicyclic amines) is 1. The molecule has 0 atom stereocenters. The molecular formula is C16H20N3O+. The van der Waals surface area contributed by atoms with Gasteiger partial charge in [-0.3, -0.25) is 4.79 Å². The number of amides is 1. The summed E-state index contributed by atoms with van der Waals surface area (Å²) in [4.78, 5) is 14.0. The lowest BCUT2D eigenvalue weighted by atomic mass is 10.2. The van der Waals surface area contributed by atoms with Gasteiger partial charge in [-0.15, -0.1) is 0 Å². The Balaban J connectivity index is 1.60. The number of carbonyl (C=O) groups is 1. The van der Waals surface area contributed by atoms with Gasteiger partial charge in [-0.2, -0.15) is 0 Å². The molecule has 104 valence electrons. The fraction of sp³-hybridized carbons (Fsp3) is 0.375. The van der Waals surface area contributed by atoms with Crippen LogP contribution in [0.1, 0.15) is 18.4 Å². The van der Waals surface area contributed by atoms with Crippen molar-refractivity contribution in [2.75, 3.05) is 13.1 Å². The van der Waals surface area contributed by atoms with Gasteiger partial charge in [0, 0.05) is 13.1 Å². The van der Waals surface area contributed by atoms with Crippen LogP contribution in [0.2, 0.25) is 0 Å². The second-order valence-corrected chi connectivity index (χ2v) is 5.33. The zero-order valence-electron chi connectivity index (χ0n) is 11.6. The molecule has 2 aromatic rings. The average Bonchev–Trinajstić information content (AvgIpc) is 3.11. The lowest BCUT2D eigenvalue weighted by Crippen LogP contribution is -2.33. The summed E-state index contributed by atoms with van der Waals surface area (Å²) in [7, 11) is 0. The van der Waals surface area contributed by atoms with Crippen molar-refractivity contribution in [2.45, 2.75) is 25.9 Å². The highest BCUT2D eigenvalue weighted by atomic mass is 16.2. The summed E-state index contributed by atoms with van der Waals surface area (Å²) in [6, 6.07) is 10.3. The molecule has 0 unspecified atom stereocenters. The Kier molecular flexibility index (Phi) is 3.81. The normalized spacial score (nSPS) is 14.7. The molecule has 2 heterocycles. The Morgan fingerprint density at radius 1 is 1.15 bits per heavy atom. The molecule has 1 fully saturated rings. The molecule has 0 spiro atoms. The van der Waals surface area contributed by atoms with E-state index in [2.05, 4.69) is 16.7 Å². The van der Waals surface area contributed by atoms with Gasteiger partial charge in [-0.25, -0.2) is 9.13 Å². The maximum Gasteiger partial charge on any atom is 0.264 e. The quantitative estimate of drug-likeness (QED) is 0.773. The molecule has 1 amide bonds. The highest BCUT2D eigenvalue weighted by Gasteiger charge is 2.20. The summed E-state index contributed by atoms with van der Waals surface area (Å²) < 4.78 is 4.07. The SMILES string of the molecule is O=C(Cn1cc[n+](Cc2ccccc2)c1)N1CCCC1. The molecule has 1 aliphatic rings. The maximum atomic E-state index is 12.1. The highest BCUT2D eigenvalue weighted by molar-refractivity contribution is 5.76. The lowest BCUT2D eigenvalue weighted by Gasteiger charge is -2.13. The van der Waals surface area contributed by atoms with Crippen molar-refractivity contribution in [3.05, 3.63) is 54.6 Å². The van der Waals surface area contributed by atoms with E-state index in [9.17, 15) is 4.79 Å². The van der Waals surface area contributed by atoms with Gasteiger partial charge in [0.05, 0.1) is 0 Å². The van der Waals surface area contributed by atoms with Crippen molar-refractivity contribution >= 4 is 5.91 Å². The smallest absolute Gasteiger partial charge is 0.264 e. The Morgan fingerprint density at radius 3 is 2.65 bits per heavy atom. The van der Waals surface area contributed by atoms with Crippen LogP contribution in [0.25, 0.3) is 0 Å². The number of hydrogen-bond donors (Lipinski definition) is 0. The molecule has 20 heavy (non-hydrogen) atoms. The van der Waals surface area contributed by atoms with Gasteiger partial charge in [0.15, 0.2) is 6.54 Å². The van der Waals surface area contributed by atoms with Gasteiger partial charge in [0.1, 0.15) is 18.9 Å². The third-order valence-corrected chi connectivity index (χ3v) is 3.73. The Hall–Kier alpha value is -2.10. The minimum Gasteiger partial charge on any atom is -0.339 e. The van der Waals surface area contributed by atoms with Crippen LogP contribution in [-0.2, 0) is 17.9 Å². The summed E-state index contributed by atoms with van der Waals surface area (Å²) in [5.74, 6) is 0.227. The van der Waals surface area contributed by atoms with Crippen LogP contribution in [0, 0.1) is 0 Å². The summed E-state index contributed by atoms with van der Waals surface area (Å²) >= 11 is 0. The minimum atomic E-state index is 0.227. The van der Waals surface area contributed by atoms with E-state index in [1.54, 1.807) is 0 Å². The molecule has 1 aromatic heterocycles. The summed E-state index contributed by atoms with van der Waals surface area (Å²) in [6.07, 6.45) is 8.28. The van der Waals surface area contributed by atoms with Gasteiger partial charge in [0.2, 0.25) is 6.33 Å². The lowest BCUT2D eigenvalue weighted by molar-refractivity contribution is -0.687. The molecular weight excluding hydrogens is 250 g/mol. The molecule has 1 saturated heterocycles. The minimum absolute atomic E-state index is 0.227. The van der Waals surface area contributed by atoms with Crippen molar-refractivity contribution in [1.29, 1.82) is 0 Å². The third kappa shape index (κ3) is 3.07. The summed E-state index contributed by atoms with van der Waals surface area (Å²) in [5, 5.41) is 0. The molecule has 0 aliphatic carbocycles. The van der Waals surface area contributed by atoms with Crippen molar-refractivity contribution in [3.8, 4) is 0 Å². The first-order valence-electron chi connectivity index (χ1n) is 7.18. The van der Waals surface area contributed by atoms with E-state index in [4.69, 9.17) is 0 Å². The highest BCUT2D eigenvalue weighted by Crippen LogP contribution is 2.08. The van der Waals surface area contributed by atoms with Gasteiger partial charge in [0.25, 0.3) is 5.91 Å². The second-order valence-electron chi connectivity index (χ2n) is 5.33. The van der Waals surface area contributed by atoms with Crippen molar-refractivity contribution < 1.29 is 9.36 Å². The van der Waals surface area contributed by atoms with Gasteiger partial charge >= 0.3 is 0 Å². The molecule has 4 heteroatoms. The first-order valence-corrected chi connectivity index (χ1v) is 7.18. The van der Waals surface area contributed by atoms with Gasteiger partial charge in [-0.05, 0) is 18.4 Å². The second kappa shape index (κ2) is 5.90. The third-order valence-electron chi connectivity index (χ3n) is 3.73. The van der Waals surface area contributed by atoms with Crippen LogP contribution >= 0.6 is 0 Å². The summed E-state index contributed by atoms with van der Waals surface area (Å²) in [5.41, 5.74) is 1.26. The largest absolute Gasteiger partial charge is 0.339 e. The van der Waals surface area contributed by atoms with E-state index in [1.165, 1.54) is 5.56 Å². The van der Waals surface area contributed by atoms with E-state index >= 15 is 0 Å². The van der Waals surface area contributed by atoms with E-state index in [0.29, 0.717) is 6.54 Å². The first-order chi connectivity index (χ1) is 9.81. The topological polar surface area (TPSA) is 29.1 Å². The zero-order chi connectivity index (χ0) is 13.8. The standard InChI is InChI=1S/C16H20N3O/c20-16(19-8-4-5-9-19)13-18-11-10-17(14-18)12-15-6-2-1-3-7-15/h1-3,6-7,10-11,14H,4-5,8-9,12-13H2/q+1. The van der Waals surface area contributed by atoms with E-state index in [-0.39, 0.29) is 5.91 Å². The van der Waals surface area contributed by atoms with Crippen molar-refractivity contribution in [3.63, 3.8) is 0 Å². The number of nitrogens with zero attached hydrogens (tertiary/aromatic N) is 3. The van der Waals surface area contributed by atoms with Crippen LogP contribution in [0.5, 0.6) is 0 Å². The van der Waals surface area contributed by atoms with Crippen LogP contribution in [0.15, 0.2) is 49.1 Å². The monoisotopic (exact) mass is 270 g/mol. The molecule has 0 N–H and O–H groups in total. The molecule has 0 bridgehead atoms. The average molecular weight is 270 g/mol. The Morgan fingerprint density at radius 2 is 1.90 bits per heavy atom. The predicted octanol–water partition coefficient (Wildman–Crippen LogP) is 1.45. The number of hydrogen-bond acceptors (Lipinski definition) is 1. The van der Waals surface area contributed by atoms with Gasteiger partial charge < -0.3 is 4.90 Å². The maximum absolute atomic E-state index is 12.1. The predicted molar refractivity (Wildman–Crippen MR) is 76.0 cm³/mol. The van der Waals surface area contributed by atoms with E-state index < -0.39 is 0 Å². The fourth-order valence-corrected chi connectivity index (χ4v) is 2.64. The zero-order valence-corrected chi connectivity index (χ0v) is 11.6. The first kappa shape index (κ1) is 12.9. The van der Waals surface area contributed by atoms with Crippen LogP contribution in [0.4, 0.5) is 0 Å². The van der Waals surface area contributed by atoms with E-state index in [0.717, 1.165) is 32.5 Å². The number of carbonyl (C=O) groups excluding carboxylic acids is 1. The molecule has 1 aromatic carbocycles. The van der Waals surface area contributed by atoms with Gasteiger partial charge in [-0.1, -0.05) is 30.3 Å². The molecule has 4 nitrogen and oxygen atoms in total. The molecule has 0 radical (unpaired) electrons. The number of imidazole rings is 1. The molecule has 1 aliphatic heterocycles. The van der Waals surface area contributed by atoms with Crippen LogP contribution in [0.3, 0.4) is 0 Å². The molecule has 3 rings (SSSR count). The van der Waals surface area contributed by atoms with Crippen LogP contribution in [-0.4, -0.2) is 28.5 Å². The summed E-state index contributed by atoms with van der Waals surface area (Å²) in [6.45, 7) is 3.13. The van der Waals surface area contributed by atoms with Crippen molar-refractivity contribution in [1.82, 2.24) is 9.47 Å². The van der Waals surface area contributed by atoms with Crippen molar-refractivity contribution in [2.24, 2.45) is 0 Å².